The first-order valence-electron chi connectivity index (χ1n) is 7.05. The highest BCUT2D eigenvalue weighted by molar-refractivity contribution is 5.91. The van der Waals surface area contributed by atoms with Gasteiger partial charge in [-0.3, -0.25) is 4.79 Å². The predicted octanol–water partition coefficient (Wildman–Crippen LogP) is 4.00. The normalized spacial score (nSPS) is 19.7. The Bertz CT molecular complexity index is 473. The molecular weight excluding hydrogens is 234 g/mol. The van der Waals surface area contributed by atoms with E-state index >= 15 is 0 Å². The third kappa shape index (κ3) is 3.69. The van der Waals surface area contributed by atoms with Crippen molar-refractivity contribution in [3.63, 3.8) is 0 Å². The number of rotatable bonds is 4. The fraction of sp³-hybridized carbons (Fsp3) is 0.471. The summed E-state index contributed by atoms with van der Waals surface area (Å²) in [5.41, 5.74) is 2.43. The van der Waals surface area contributed by atoms with Crippen molar-refractivity contribution in [2.75, 3.05) is 0 Å². The van der Waals surface area contributed by atoms with E-state index in [1.165, 1.54) is 5.56 Å². The van der Waals surface area contributed by atoms with Gasteiger partial charge in [-0.1, -0.05) is 51.1 Å². The van der Waals surface area contributed by atoms with E-state index in [0.717, 1.165) is 18.5 Å². The Kier molecular flexibility index (Phi) is 4.08. The quantitative estimate of drug-likeness (QED) is 0.883. The maximum Gasteiger partial charge on any atom is 0.157 e. The van der Waals surface area contributed by atoms with Gasteiger partial charge in [-0.2, -0.15) is 0 Å². The maximum absolute atomic E-state index is 11.8. The number of hydrogen-bond acceptors (Lipinski definition) is 2. The van der Waals surface area contributed by atoms with Crippen LogP contribution in [0.2, 0.25) is 0 Å². The van der Waals surface area contributed by atoms with Crippen molar-refractivity contribution in [2.24, 2.45) is 5.41 Å². The van der Waals surface area contributed by atoms with Gasteiger partial charge in [0.25, 0.3) is 0 Å². The fourth-order valence-corrected chi connectivity index (χ4v) is 2.77. The molecule has 0 heterocycles. The first-order chi connectivity index (χ1) is 9.00. The molecule has 1 aromatic carbocycles. The first-order valence-corrected chi connectivity index (χ1v) is 7.05. The van der Waals surface area contributed by atoms with E-state index in [1.807, 2.05) is 6.07 Å². The second-order valence-corrected chi connectivity index (χ2v) is 6.17. The van der Waals surface area contributed by atoms with Gasteiger partial charge in [0.1, 0.15) is 0 Å². The molecule has 0 spiro atoms. The zero-order chi connectivity index (χ0) is 13.9. The minimum atomic E-state index is 0.0726. The zero-order valence-electron chi connectivity index (χ0n) is 12.1. The molecular formula is C17H23NO. The third-order valence-corrected chi connectivity index (χ3v) is 3.63. The molecule has 1 unspecified atom stereocenters. The molecule has 1 aliphatic carbocycles. The average molecular weight is 257 g/mol. The lowest BCUT2D eigenvalue weighted by atomic mass is 9.78. The summed E-state index contributed by atoms with van der Waals surface area (Å²) in [4.78, 5) is 11.8. The third-order valence-electron chi connectivity index (χ3n) is 3.63. The molecule has 0 amide bonds. The summed E-state index contributed by atoms with van der Waals surface area (Å²) in [5, 5.41) is 3.55. The molecule has 1 atom stereocenters. The van der Waals surface area contributed by atoms with Crippen LogP contribution in [0, 0.1) is 5.41 Å². The van der Waals surface area contributed by atoms with E-state index in [4.69, 9.17) is 0 Å². The number of hydrogen-bond donors (Lipinski definition) is 1. The van der Waals surface area contributed by atoms with E-state index in [2.05, 4.69) is 50.4 Å². The number of carbonyl (C=O) groups excluding carboxylic acids is 1. The Hall–Kier alpha value is -1.57. The second-order valence-electron chi connectivity index (χ2n) is 6.17. The van der Waals surface area contributed by atoms with Crippen LogP contribution in [0.15, 0.2) is 42.1 Å². The Morgan fingerprint density at radius 2 is 1.89 bits per heavy atom. The molecule has 0 bridgehead atoms. The maximum atomic E-state index is 11.8. The smallest absolute Gasteiger partial charge is 0.157 e. The minimum Gasteiger partial charge on any atom is -0.381 e. The molecule has 2 heteroatoms. The van der Waals surface area contributed by atoms with Crippen LogP contribution < -0.4 is 5.32 Å². The minimum absolute atomic E-state index is 0.0726. The Balaban J connectivity index is 2.13. The predicted molar refractivity (Wildman–Crippen MR) is 78.7 cm³/mol. The van der Waals surface area contributed by atoms with Crippen LogP contribution in [0.1, 0.15) is 51.6 Å². The second kappa shape index (κ2) is 5.60. The molecule has 19 heavy (non-hydrogen) atoms. The summed E-state index contributed by atoms with van der Waals surface area (Å²) in [6.45, 7) is 6.48. The van der Waals surface area contributed by atoms with Crippen molar-refractivity contribution >= 4 is 5.78 Å². The fourth-order valence-electron chi connectivity index (χ4n) is 2.77. The van der Waals surface area contributed by atoms with Crippen LogP contribution in [0.3, 0.4) is 0 Å². The Labute approximate surface area is 115 Å². The topological polar surface area (TPSA) is 29.1 Å². The van der Waals surface area contributed by atoms with Crippen molar-refractivity contribution < 1.29 is 4.79 Å². The Morgan fingerprint density at radius 1 is 1.21 bits per heavy atom. The van der Waals surface area contributed by atoms with Gasteiger partial charge in [0.05, 0.1) is 6.04 Å². The largest absolute Gasteiger partial charge is 0.381 e. The average Bonchev–Trinajstić information content (AvgIpc) is 2.34. The summed E-state index contributed by atoms with van der Waals surface area (Å²) in [6.07, 6.45) is 4.40. The van der Waals surface area contributed by atoms with Gasteiger partial charge in [-0.05, 0) is 23.8 Å². The van der Waals surface area contributed by atoms with Gasteiger partial charge in [-0.25, -0.2) is 0 Å². The van der Waals surface area contributed by atoms with E-state index in [-0.39, 0.29) is 17.2 Å². The summed E-state index contributed by atoms with van der Waals surface area (Å²) >= 11 is 0. The van der Waals surface area contributed by atoms with Crippen molar-refractivity contribution in [1.82, 2.24) is 5.32 Å². The summed E-state index contributed by atoms with van der Waals surface area (Å²) in [5.74, 6) is 0.238. The molecule has 2 rings (SSSR count). The Morgan fingerprint density at radius 3 is 2.47 bits per heavy atom. The highest BCUT2D eigenvalue weighted by atomic mass is 16.1. The lowest BCUT2D eigenvalue weighted by Gasteiger charge is -2.31. The van der Waals surface area contributed by atoms with Gasteiger partial charge in [0.2, 0.25) is 0 Å². The van der Waals surface area contributed by atoms with Crippen LogP contribution in [-0.2, 0) is 4.79 Å². The molecule has 1 aliphatic rings. The number of nitrogens with one attached hydrogen (secondary N) is 1. The summed E-state index contributed by atoms with van der Waals surface area (Å²) in [7, 11) is 0. The van der Waals surface area contributed by atoms with Crippen LogP contribution in [0.4, 0.5) is 0 Å². The number of ketones is 1. The molecule has 0 aromatic heterocycles. The van der Waals surface area contributed by atoms with Gasteiger partial charge in [0.15, 0.2) is 5.78 Å². The van der Waals surface area contributed by atoms with Crippen LogP contribution >= 0.6 is 0 Å². The van der Waals surface area contributed by atoms with E-state index in [1.54, 1.807) is 6.08 Å². The summed E-state index contributed by atoms with van der Waals surface area (Å²) < 4.78 is 0. The number of carbonyl (C=O) groups is 1. The SMILES string of the molecule is CCC(NC1=CC(=O)CC(C)(C)C1)c1ccccc1. The number of allylic oxidation sites excluding steroid dienone is 2. The van der Waals surface area contributed by atoms with Crippen LogP contribution in [-0.4, -0.2) is 5.78 Å². The molecule has 0 fully saturated rings. The van der Waals surface area contributed by atoms with Crippen molar-refractivity contribution in [3.05, 3.63) is 47.7 Å². The summed E-state index contributed by atoms with van der Waals surface area (Å²) in [6, 6.07) is 10.7. The van der Waals surface area contributed by atoms with Gasteiger partial charge < -0.3 is 5.32 Å². The van der Waals surface area contributed by atoms with Gasteiger partial charge in [-0.15, -0.1) is 0 Å². The van der Waals surface area contributed by atoms with E-state index in [0.29, 0.717) is 6.42 Å². The molecule has 1 aromatic rings. The monoisotopic (exact) mass is 257 g/mol. The van der Waals surface area contributed by atoms with Gasteiger partial charge in [0, 0.05) is 18.2 Å². The van der Waals surface area contributed by atoms with Crippen molar-refractivity contribution in [1.29, 1.82) is 0 Å². The van der Waals surface area contributed by atoms with Crippen molar-refractivity contribution in [3.8, 4) is 0 Å². The molecule has 1 N–H and O–H groups in total. The molecule has 0 saturated carbocycles. The molecule has 102 valence electrons. The van der Waals surface area contributed by atoms with E-state index in [9.17, 15) is 4.79 Å². The zero-order valence-corrected chi connectivity index (χ0v) is 12.1. The molecule has 0 aliphatic heterocycles. The van der Waals surface area contributed by atoms with Crippen LogP contribution in [0.25, 0.3) is 0 Å². The van der Waals surface area contributed by atoms with Gasteiger partial charge >= 0.3 is 0 Å². The lowest BCUT2D eigenvalue weighted by Crippen LogP contribution is -2.30. The standard InChI is InChI=1S/C17H23NO/c1-4-16(13-8-6-5-7-9-13)18-14-10-15(19)12-17(2,3)11-14/h5-10,16,18H,4,11-12H2,1-3H3. The molecule has 0 radical (unpaired) electrons. The van der Waals surface area contributed by atoms with E-state index < -0.39 is 0 Å². The number of benzene rings is 1. The lowest BCUT2D eigenvalue weighted by molar-refractivity contribution is -0.117. The highest BCUT2D eigenvalue weighted by Gasteiger charge is 2.28. The molecule has 0 saturated heterocycles. The molecule has 2 nitrogen and oxygen atoms in total. The highest BCUT2D eigenvalue weighted by Crippen LogP contribution is 2.33. The first kappa shape index (κ1) is 13.9. The van der Waals surface area contributed by atoms with Crippen LogP contribution in [0.5, 0.6) is 0 Å². The van der Waals surface area contributed by atoms with Crippen molar-refractivity contribution in [2.45, 2.75) is 46.1 Å².